The van der Waals surface area contributed by atoms with Crippen LogP contribution < -0.4 is 14.8 Å². The Kier molecular flexibility index (Phi) is 6.44. The van der Waals surface area contributed by atoms with Gasteiger partial charge in [0, 0.05) is 10.9 Å². The van der Waals surface area contributed by atoms with E-state index >= 15 is 0 Å². The van der Waals surface area contributed by atoms with Crippen molar-refractivity contribution in [2.75, 3.05) is 16.6 Å². The molecule has 2 rings (SSSR count). The molecule has 0 bridgehead atoms. The molecule has 25 heavy (non-hydrogen) atoms. The fraction of sp³-hybridized carbons (Fsp3) is 0.235. The zero-order valence-electron chi connectivity index (χ0n) is 13.9. The van der Waals surface area contributed by atoms with E-state index in [-0.39, 0.29) is 17.2 Å². The lowest BCUT2D eigenvalue weighted by molar-refractivity contribution is -0.115. The highest BCUT2D eigenvalue weighted by Crippen LogP contribution is 2.30. The van der Waals surface area contributed by atoms with E-state index in [1.807, 2.05) is 6.92 Å². The molecule has 2 N–H and O–H groups in total. The van der Waals surface area contributed by atoms with Crippen molar-refractivity contribution in [2.45, 2.75) is 25.2 Å². The van der Waals surface area contributed by atoms with Crippen LogP contribution in [0.2, 0.25) is 0 Å². The second kappa shape index (κ2) is 8.35. The molecule has 0 radical (unpaired) electrons. The van der Waals surface area contributed by atoms with E-state index in [0.29, 0.717) is 28.2 Å². The summed E-state index contributed by atoms with van der Waals surface area (Å²) in [5.41, 5.74) is 0.749. The first-order chi connectivity index (χ1) is 11.9. The van der Waals surface area contributed by atoms with Gasteiger partial charge in [-0.2, -0.15) is 0 Å². The van der Waals surface area contributed by atoms with Crippen molar-refractivity contribution < 1.29 is 17.9 Å². The number of ether oxygens (including phenoxy) is 1. The third kappa shape index (κ3) is 4.96. The lowest BCUT2D eigenvalue weighted by atomic mass is 10.3. The molecule has 134 valence electrons. The fourth-order valence-electron chi connectivity index (χ4n) is 2.04. The van der Waals surface area contributed by atoms with Crippen LogP contribution in [0, 0.1) is 0 Å². The molecule has 0 spiro atoms. The molecule has 6 nitrogen and oxygen atoms in total. The summed E-state index contributed by atoms with van der Waals surface area (Å²) >= 11 is 3.31. The quantitative estimate of drug-likeness (QED) is 0.700. The minimum atomic E-state index is -3.82. The number of halogens is 1. The Morgan fingerprint density at radius 1 is 1.12 bits per heavy atom. The average molecular weight is 427 g/mol. The van der Waals surface area contributed by atoms with Crippen LogP contribution in [-0.4, -0.2) is 20.9 Å². The Morgan fingerprint density at radius 3 is 2.48 bits per heavy atom. The minimum Gasteiger partial charge on any atom is -0.492 e. The topological polar surface area (TPSA) is 84.5 Å². The summed E-state index contributed by atoms with van der Waals surface area (Å²) in [5, 5.41) is 2.67. The van der Waals surface area contributed by atoms with Gasteiger partial charge in [-0.05, 0) is 53.2 Å². The number of carbonyl (C=O) groups is 1. The van der Waals surface area contributed by atoms with Gasteiger partial charge in [-0.1, -0.05) is 19.1 Å². The zero-order valence-corrected chi connectivity index (χ0v) is 16.3. The first-order valence-corrected chi connectivity index (χ1v) is 9.99. The number of hydrogen-bond acceptors (Lipinski definition) is 4. The summed E-state index contributed by atoms with van der Waals surface area (Å²) in [6, 6.07) is 11.3. The summed E-state index contributed by atoms with van der Waals surface area (Å²) < 4.78 is 33.9. The molecule has 0 aliphatic heterocycles. The molecular formula is C17H19BrN2O4S. The van der Waals surface area contributed by atoms with E-state index in [0.717, 1.165) is 0 Å². The van der Waals surface area contributed by atoms with E-state index in [9.17, 15) is 13.2 Å². The molecule has 1 amide bonds. The van der Waals surface area contributed by atoms with Crippen LogP contribution in [0.5, 0.6) is 5.75 Å². The summed E-state index contributed by atoms with van der Waals surface area (Å²) in [7, 11) is -3.82. The van der Waals surface area contributed by atoms with E-state index in [1.165, 1.54) is 18.2 Å². The average Bonchev–Trinajstić information content (AvgIpc) is 2.58. The third-order valence-electron chi connectivity index (χ3n) is 3.27. The Morgan fingerprint density at radius 2 is 1.84 bits per heavy atom. The maximum absolute atomic E-state index is 12.6. The molecule has 2 aromatic rings. The van der Waals surface area contributed by atoms with E-state index < -0.39 is 10.0 Å². The lowest BCUT2D eigenvalue weighted by Crippen LogP contribution is -2.15. The monoisotopic (exact) mass is 426 g/mol. The maximum atomic E-state index is 12.6. The summed E-state index contributed by atoms with van der Waals surface area (Å²) in [6.45, 7) is 3.92. The van der Waals surface area contributed by atoms with Gasteiger partial charge >= 0.3 is 0 Å². The number of sulfonamides is 1. The SMILES string of the molecule is CCOc1ccc(S(=O)(=O)Nc2ccccc2Br)cc1NC(=O)CC. The second-order valence-corrected chi connectivity index (χ2v) is 7.61. The Bertz CT molecular complexity index is 869. The number of benzene rings is 2. The number of carbonyl (C=O) groups excluding carboxylic acids is 1. The van der Waals surface area contributed by atoms with Gasteiger partial charge in [-0.25, -0.2) is 8.42 Å². The van der Waals surface area contributed by atoms with Crippen molar-refractivity contribution in [3.05, 3.63) is 46.9 Å². The molecule has 2 aromatic carbocycles. The van der Waals surface area contributed by atoms with Gasteiger partial charge < -0.3 is 10.1 Å². The molecule has 0 atom stereocenters. The predicted molar refractivity (Wildman–Crippen MR) is 101 cm³/mol. The van der Waals surface area contributed by atoms with Crippen molar-refractivity contribution in [3.63, 3.8) is 0 Å². The van der Waals surface area contributed by atoms with Gasteiger partial charge in [0.2, 0.25) is 5.91 Å². The van der Waals surface area contributed by atoms with E-state index in [2.05, 4.69) is 26.0 Å². The molecule has 0 aliphatic rings. The molecule has 0 saturated carbocycles. The van der Waals surface area contributed by atoms with Crippen molar-refractivity contribution in [3.8, 4) is 5.75 Å². The van der Waals surface area contributed by atoms with Gasteiger partial charge in [-0.15, -0.1) is 0 Å². The fourth-order valence-corrected chi connectivity index (χ4v) is 3.66. The van der Waals surface area contributed by atoms with Crippen LogP contribution >= 0.6 is 15.9 Å². The smallest absolute Gasteiger partial charge is 0.262 e. The third-order valence-corrected chi connectivity index (χ3v) is 5.33. The molecule has 0 aliphatic carbocycles. The molecule has 0 unspecified atom stereocenters. The number of nitrogens with one attached hydrogen (secondary N) is 2. The predicted octanol–water partition coefficient (Wildman–Crippen LogP) is 4.00. The highest BCUT2D eigenvalue weighted by Gasteiger charge is 2.18. The van der Waals surface area contributed by atoms with Gasteiger partial charge in [0.05, 0.1) is 22.9 Å². The van der Waals surface area contributed by atoms with Crippen LogP contribution in [0.25, 0.3) is 0 Å². The largest absolute Gasteiger partial charge is 0.492 e. The molecule has 0 aromatic heterocycles. The first kappa shape index (κ1) is 19.3. The summed E-state index contributed by atoms with van der Waals surface area (Å²) in [5.74, 6) is 0.193. The molecular weight excluding hydrogens is 408 g/mol. The standard InChI is InChI=1S/C17H19BrN2O4S/c1-3-17(21)19-15-11-12(9-10-16(15)24-4-2)25(22,23)20-14-8-6-5-7-13(14)18/h5-11,20H,3-4H2,1-2H3,(H,19,21). The molecule has 8 heteroatoms. The highest BCUT2D eigenvalue weighted by molar-refractivity contribution is 9.10. The maximum Gasteiger partial charge on any atom is 0.262 e. The van der Waals surface area contributed by atoms with E-state index in [4.69, 9.17) is 4.74 Å². The lowest BCUT2D eigenvalue weighted by Gasteiger charge is -2.14. The normalized spacial score (nSPS) is 11.0. The molecule has 0 heterocycles. The Balaban J connectivity index is 2.38. The van der Waals surface area contributed by atoms with Crippen LogP contribution in [0.15, 0.2) is 51.8 Å². The highest BCUT2D eigenvalue weighted by atomic mass is 79.9. The Labute approximate surface area is 155 Å². The van der Waals surface area contributed by atoms with Crippen molar-refractivity contribution >= 4 is 43.2 Å². The second-order valence-electron chi connectivity index (χ2n) is 5.08. The number of hydrogen-bond donors (Lipinski definition) is 2. The van der Waals surface area contributed by atoms with Crippen LogP contribution in [0.3, 0.4) is 0 Å². The van der Waals surface area contributed by atoms with Crippen LogP contribution in [0.1, 0.15) is 20.3 Å². The first-order valence-electron chi connectivity index (χ1n) is 7.71. The van der Waals surface area contributed by atoms with Gasteiger partial charge in [0.15, 0.2) is 0 Å². The number of para-hydroxylation sites is 1. The number of rotatable bonds is 7. The zero-order chi connectivity index (χ0) is 18.4. The van der Waals surface area contributed by atoms with Crippen molar-refractivity contribution in [1.29, 1.82) is 0 Å². The number of amides is 1. The minimum absolute atomic E-state index is 0.0260. The van der Waals surface area contributed by atoms with Gasteiger partial charge in [-0.3, -0.25) is 9.52 Å². The van der Waals surface area contributed by atoms with Gasteiger partial charge in [0.1, 0.15) is 5.75 Å². The number of anilines is 2. The van der Waals surface area contributed by atoms with Crippen molar-refractivity contribution in [1.82, 2.24) is 0 Å². The molecule has 0 saturated heterocycles. The van der Waals surface area contributed by atoms with Crippen molar-refractivity contribution in [2.24, 2.45) is 0 Å². The van der Waals surface area contributed by atoms with E-state index in [1.54, 1.807) is 31.2 Å². The van der Waals surface area contributed by atoms with Gasteiger partial charge in [0.25, 0.3) is 10.0 Å². The Hall–Kier alpha value is -2.06. The van der Waals surface area contributed by atoms with Crippen LogP contribution in [0.4, 0.5) is 11.4 Å². The molecule has 0 fully saturated rings. The summed E-state index contributed by atoms with van der Waals surface area (Å²) in [4.78, 5) is 11.7. The summed E-state index contributed by atoms with van der Waals surface area (Å²) in [6.07, 6.45) is 0.276. The van der Waals surface area contributed by atoms with Crippen LogP contribution in [-0.2, 0) is 14.8 Å².